The molecule has 3 rings (SSSR count). The molecular weight excluding hydrogens is 276 g/mol. The van der Waals surface area contributed by atoms with Gasteiger partial charge >= 0.3 is 0 Å². The Bertz CT molecular complexity index is 690. The van der Waals surface area contributed by atoms with Crippen LogP contribution in [0.1, 0.15) is 5.56 Å². The summed E-state index contributed by atoms with van der Waals surface area (Å²) >= 11 is 1.30. The lowest BCUT2D eigenvalue weighted by Crippen LogP contribution is -2.40. The molecule has 0 aliphatic carbocycles. The van der Waals surface area contributed by atoms with Crippen LogP contribution in [0.4, 0.5) is 5.00 Å². The fourth-order valence-corrected chi connectivity index (χ4v) is 2.58. The van der Waals surface area contributed by atoms with E-state index in [0.29, 0.717) is 22.1 Å². The van der Waals surface area contributed by atoms with E-state index >= 15 is 0 Å². The summed E-state index contributed by atoms with van der Waals surface area (Å²) in [6, 6.07) is 10.9. The Morgan fingerprint density at radius 1 is 1.35 bits per heavy atom. The molecule has 1 aliphatic heterocycles. The molecule has 1 N–H and O–H groups in total. The van der Waals surface area contributed by atoms with Crippen molar-refractivity contribution in [1.29, 1.82) is 5.26 Å². The molecular formula is C14H10N2O3S. The van der Waals surface area contributed by atoms with Gasteiger partial charge in [-0.2, -0.15) is 5.26 Å². The minimum absolute atomic E-state index is 0.149. The molecule has 0 unspecified atom stereocenters. The van der Waals surface area contributed by atoms with E-state index < -0.39 is 6.10 Å². The van der Waals surface area contributed by atoms with Gasteiger partial charge < -0.3 is 14.8 Å². The summed E-state index contributed by atoms with van der Waals surface area (Å²) in [5.41, 5.74) is 0.445. The molecule has 20 heavy (non-hydrogen) atoms. The maximum atomic E-state index is 12.1. The molecule has 2 heterocycles. The highest BCUT2D eigenvalue weighted by atomic mass is 32.1. The number of thiophene rings is 1. The van der Waals surface area contributed by atoms with Crippen molar-refractivity contribution in [3.63, 3.8) is 0 Å². The Morgan fingerprint density at radius 3 is 2.95 bits per heavy atom. The lowest BCUT2D eigenvalue weighted by atomic mass is 10.2. The van der Waals surface area contributed by atoms with Gasteiger partial charge in [0.2, 0.25) is 6.10 Å². The van der Waals surface area contributed by atoms with E-state index in [1.54, 1.807) is 23.6 Å². The number of rotatable bonds is 2. The smallest absolute Gasteiger partial charge is 0.269 e. The van der Waals surface area contributed by atoms with Crippen LogP contribution >= 0.6 is 11.3 Å². The Morgan fingerprint density at radius 2 is 2.15 bits per heavy atom. The molecule has 0 radical (unpaired) electrons. The highest BCUT2D eigenvalue weighted by Gasteiger charge is 2.27. The second-order valence-electron chi connectivity index (χ2n) is 4.13. The Balaban J connectivity index is 1.72. The fraction of sp³-hybridized carbons (Fsp3) is 0.143. The van der Waals surface area contributed by atoms with Crippen molar-refractivity contribution in [2.45, 2.75) is 6.10 Å². The maximum Gasteiger partial charge on any atom is 0.269 e. The highest BCUT2D eigenvalue weighted by molar-refractivity contribution is 7.14. The van der Waals surface area contributed by atoms with Crippen molar-refractivity contribution < 1.29 is 14.3 Å². The van der Waals surface area contributed by atoms with Crippen LogP contribution in [0.5, 0.6) is 11.5 Å². The van der Waals surface area contributed by atoms with Gasteiger partial charge in [-0.05, 0) is 23.6 Å². The molecule has 0 bridgehead atoms. The molecule has 0 saturated carbocycles. The van der Waals surface area contributed by atoms with Gasteiger partial charge in [0, 0.05) is 0 Å². The van der Waals surface area contributed by atoms with Gasteiger partial charge in [-0.1, -0.05) is 12.1 Å². The van der Waals surface area contributed by atoms with E-state index in [2.05, 4.69) is 5.32 Å². The molecule has 6 heteroatoms. The van der Waals surface area contributed by atoms with Gasteiger partial charge in [-0.15, -0.1) is 11.3 Å². The number of hydrogen-bond donors (Lipinski definition) is 1. The molecule has 1 aliphatic rings. The van der Waals surface area contributed by atoms with Crippen LogP contribution in [0.15, 0.2) is 35.7 Å². The standard InChI is InChI=1S/C14H10N2O3S/c15-7-9-5-6-20-14(9)16-13(17)12-8-18-10-3-1-2-4-11(10)19-12/h1-6,12H,8H2,(H,16,17)/t12-/m1/s1. The van der Waals surface area contributed by atoms with Crippen molar-refractivity contribution >= 4 is 22.2 Å². The average Bonchev–Trinajstić information content (AvgIpc) is 2.94. The summed E-state index contributed by atoms with van der Waals surface area (Å²) in [7, 11) is 0. The number of nitriles is 1. The summed E-state index contributed by atoms with van der Waals surface area (Å²) in [6.45, 7) is 0.149. The molecule has 5 nitrogen and oxygen atoms in total. The van der Waals surface area contributed by atoms with Gasteiger partial charge in [0.1, 0.15) is 17.7 Å². The minimum Gasteiger partial charge on any atom is -0.485 e. The van der Waals surface area contributed by atoms with Gasteiger partial charge in [0.25, 0.3) is 5.91 Å². The molecule has 100 valence electrons. The molecule has 1 aromatic carbocycles. The SMILES string of the molecule is N#Cc1ccsc1NC(=O)[C@H]1COc2ccccc2O1. The van der Waals surface area contributed by atoms with Crippen LogP contribution in [0, 0.1) is 11.3 Å². The van der Waals surface area contributed by atoms with E-state index in [1.165, 1.54) is 11.3 Å². The van der Waals surface area contributed by atoms with Crippen molar-refractivity contribution in [2.24, 2.45) is 0 Å². The number of nitrogens with one attached hydrogen (secondary N) is 1. The number of para-hydroxylation sites is 2. The molecule has 1 amide bonds. The first-order chi connectivity index (χ1) is 9.78. The third-order valence-corrected chi connectivity index (χ3v) is 3.65. The Hall–Kier alpha value is -2.52. The third-order valence-electron chi connectivity index (χ3n) is 2.82. The highest BCUT2D eigenvalue weighted by Crippen LogP contribution is 2.31. The van der Waals surface area contributed by atoms with Crippen molar-refractivity contribution in [3.05, 3.63) is 41.3 Å². The van der Waals surface area contributed by atoms with Gasteiger partial charge in [0.15, 0.2) is 11.5 Å². The van der Waals surface area contributed by atoms with E-state index in [-0.39, 0.29) is 12.5 Å². The van der Waals surface area contributed by atoms with Crippen LogP contribution in [0.2, 0.25) is 0 Å². The second-order valence-corrected chi connectivity index (χ2v) is 5.04. The number of ether oxygens (including phenoxy) is 2. The van der Waals surface area contributed by atoms with E-state index in [4.69, 9.17) is 14.7 Å². The van der Waals surface area contributed by atoms with E-state index in [0.717, 1.165) is 0 Å². The first kappa shape index (κ1) is 12.5. The minimum atomic E-state index is -0.724. The van der Waals surface area contributed by atoms with Crippen LogP contribution in [0.25, 0.3) is 0 Å². The first-order valence-corrected chi connectivity index (χ1v) is 6.83. The Labute approximate surface area is 119 Å². The largest absolute Gasteiger partial charge is 0.485 e. The van der Waals surface area contributed by atoms with Crippen molar-refractivity contribution in [3.8, 4) is 17.6 Å². The van der Waals surface area contributed by atoms with Crippen LogP contribution in [-0.2, 0) is 4.79 Å². The van der Waals surface area contributed by atoms with Crippen molar-refractivity contribution in [1.82, 2.24) is 0 Å². The number of carbonyl (C=O) groups is 1. The number of fused-ring (bicyclic) bond motifs is 1. The molecule has 1 atom stereocenters. The second kappa shape index (κ2) is 5.23. The molecule has 0 saturated heterocycles. The van der Waals surface area contributed by atoms with E-state index in [1.807, 2.05) is 18.2 Å². The predicted octanol–water partition coefficient (Wildman–Crippen LogP) is 2.40. The third kappa shape index (κ3) is 2.31. The first-order valence-electron chi connectivity index (χ1n) is 5.95. The average molecular weight is 286 g/mol. The molecule has 1 aromatic heterocycles. The zero-order valence-corrected chi connectivity index (χ0v) is 11.1. The van der Waals surface area contributed by atoms with Crippen LogP contribution in [0.3, 0.4) is 0 Å². The van der Waals surface area contributed by atoms with Gasteiger partial charge in [0.05, 0.1) is 5.56 Å². The predicted molar refractivity (Wildman–Crippen MR) is 74.0 cm³/mol. The number of benzene rings is 1. The number of carbonyl (C=O) groups excluding carboxylic acids is 1. The molecule has 0 fully saturated rings. The molecule has 0 spiro atoms. The Kier molecular flexibility index (Phi) is 3.27. The quantitative estimate of drug-likeness (QED) is 0.920. The van der Waals surface area contributed by atoms with Gasteiger partial charge in [-0.25, -0.2) is 0 Å². The van der Waals surface area contributed by atoms with Gasteiger partial charge in [-0.3, -0.25) is 4.79 Å². The number of nitrogens with zero attached hydrogens (tertiary/aromatic N) is 1. The summed E-state index contributed by atoms with van der Waals surface area (Å²) in [5.74, 6) is 0.856. The monoisotopic (exact) mass is 286 g/mol. The zero-order valence-electron chi connectivity index (χ0n) is 10.3. The molecule has 2 aromatic rings. The summed E-state index contributed by atoms with van der Waals surface area (Å²) < 4.78 is 11.1. The zero-order chi connectivity index (χ0) is 13.9. The van der Waals surface area contributed by atoms with Crippen molar-refractivity contribution in [2.75, 3.05) is 11.9 Å². The maximum absolute atomic E-state index is 12.1. The van der Waals surface area contributed by atoms with Crippen LogP contribution in [-0.4, -0.2) is 18.6 Å². The number of hydrogen-bond acceptors (Lipinski definition) is 5. The number of amides is 1. The number of anilines is 1. The topological polar surface area (TPSA) is 71.4 Å². The summed E-state index contributed by atoms with van der Waals surface area (Å²) in [4.78, 5) is 12.1. The lowest BCUT2D eigenvalue weighted by molar-refractivity contribution is -0.125. The lowest BCUT2D eigenvalue weighted by Gasteiger charge is -2.25. The normalized spacial score (nSPS) is 16.2. The summed E-state index contributed by atoms with van der Waals surface area (Å²) in [6.07, 6.45) is -0.724. The van der Waals surface area contributed by atoms with E-state index in [9.17, 15) is 4.79 Å². The summed E-state index contributed by atoms with van der Waals surface area (Å²) in [5, 5.41) is 13.9. The van der Waals surface area contributed by atoms with Crippen LogP contribution < -0.4 is 14.8 Å². The fourth-order valence-electron chi connectivity index (χ4n) is 1.84.